The van der Waals surface area contributed by atoms with E-state index in [0.717, 1.165) is 22.8 Å². The Labute approximate surface area is 142 Å². The van der Waals surface area contributed by atoms with E-state index in [9.17, 15) is 4.79 Å². The molecule has 1 aromatic carbocycles. The normalized spacial score (nSPS) is 14.6. The van der Waals surface area contributed by atoms with Crippen LogP contribution in [0.4, 0.5) is 5.82 Å². The Morgan fingerprint density at radius 3 is 2.62 bits per heavy atom. The predicted octanol–water partition coefficient (Wildman–Crippen LogP) is 3.98. The highest BCUT2D eigenvalue weighted by atomic mass is 16.5. The molecule has 0 aliphatic heterocycles. The maximum Gasteiger partial charge on any atom is 0.338 e. The van der Waals surface area contributed by atoms with Crippen molar-refractivity contribution in [3.05, 3.63) is 41.9 Å². The molecule has 126 valence electrons. The number of aryl methyl sites for hydroxylation is 1. The minimum absolute atomic E-state index is 0.298. The highest BCUT2D eigenvalue weighted by Crippen LogP contribution is 2.29. The first-order valence-corrected chi connectivity index (χ1v) is 8.55. The molecule has 5 heteroatoms. The van der Waals surface area contributed by atoms with Crippen LogP contribution < -0.4 is 5.32 Å². The number of carbonyl (C=O) groups is 1. The van der Waals surface area contributed by atoms with Crippen LogP contribution in [0.15, 0.2) is 30.5 Å². The van der Waals surface area contributed by atoms with Gasteiger partial charge in [-0.05, 0) is 44.4 Å². The molecular weight excluding hydrogens is 302 g/mol. The Bertz CT molecular complexity index is 707. The first-order valence-electron chi connectivity index (χ1n) is 8.55. The van der Waals surface area contributed by atoms with E-state index < -0.39 is 0 Å². The largest absolute Gasteiger partial charge is 0.462 e. The van der Waals surface area contributed by atoms with E-state index in [2.05, 4.69) is 15.3 Å². The molecule has 1 fully saturated rings. The van der Waals surface area contributed by atoms with E-state index in [1.807, 2.05) is 25.3 Å². The predicted molar refractivity (Wildman–Crippen MR) is 94.0 cm³/mol. The Balaban J connectivity index is 1.86. The molecule has 1 N–H and O–H groups in total. The molecular formula is C19H23N3O2. The lowest BCUT2D eigenvalue weighted by molar-refractivity contribution is 0.0526. The summed E-state index contributed by atoms with van der Waals surface area (Å²) in [5.74, 6) is 1.33. The van der Waals surface area contributed by atoms with Crippen LogP contribution >= 0.6 is 0 Å². The first kappa shape index (κ1) is 16.4. The van der Waals surface area contributed by atoms with Crippen molar-refractivity contribution in [1.29, 1.82) is 0 Å². The second kappa shape index (κ2) is 7.43. The first-order chi connectivity index (χ1) is 11.7. The average molecular weight is 325 g/mol. The van der Waals surface area contributed by atoms with Crippen molar-refractivity contribution in [3.8, 4) is 11.1 Å². The summed E-state index contributed by atoms with van der Waals surface area (Å²) in [5.41, 5.74) is 2.50. The van der Waals surface area contributed by atoms with E-state index in [0.29, 0.717) is 18.2 Å². The molecule has 0 spiro atoms. The second-order valence-electron chi connectivity index (χ2n) is 6.10. The van der Waals surface area contributed by atoms with Gasteiger partial charge < -0.3 is 10.1 Å². The molecule has 0 bridgehead atoms. The van der Waals surface area contributed by atoms with Crippen LogP contribution in [0.2, 0.25) is 0 Å². The van der Waals surface area contributed by atoms with Crippen LogP contribution in [0.3, 0.4) is 0 Å². The maximum atomic E-state index is 11.8. The third kappa shape index (κ3) is 3.72. The van der Waals surface area contributed by atoms with Crippen molar-refractivity contribution in [3.63, 3.8) is 0 Å². The Hall–Kier alpha value is -2.43. The fraction of sp³-hybridized carbons (Fsp3) is 0.421. The summed E-state index contributed by atoms with van der Waals surface area (Å²) in [6.07, 6.45) is 6.75. The van der Waals surface area contributed by atoms with E-state index in [1.54, 1.807) is 19.1 Å². The zero-order valence-electron chi connectivity index (χ0n) is 14.2. The minimum atomic E-state index is -0.298. The average Bonchev–Trinajstić information content (AvgIpc) is 3.08. The lowest BCUT2D eigenvalue weighted by Gasteiger charge is -2.16. The Morgan fingerprint density at radius 2 is 1.96 bits per heavy atom. The Morgan fingerprint density at radius 1 is 1.25 bits per heavy atom. The van der Waals surface area contributed by atoms with Gasteiger partial charge in [0.1, 0.15) is 11.6 Å². The zero-order valence-corrected chi connectivity index (χ0v) is 14.2. The van der Waals surface area contributed by atoms with Crippen molar-refractivity contribution < 1.29 is 9.53 Å². The number of esters is 1. The van der Waals surface area contributed by atoms with E-state index >= 15 is 0 Å². The summed E-state index contributed by atoms with van der Waals surface area (Å²) in [7, 11) is 0. The number of benzene rings is 1. The molecule has 1 saturated carbocycles. The number of nitrogens with one attached hydrogen (secondary N) is 1. The number of hydrogen-bond acceptors (Lipinski definition) is 5. The number of nitrogens with zero attached hydrogens (tertiary/aromatic N) is 2. The van der Waals surface area contributed by atoms with E-state index in [4.69, 9.17) is 4.74 Å². The molecule has 0 amide bonds. The third-order valence-electron chi connectivity index (χ3n) is 4.31. The Kier molecular flexibility index (Phi) is 5.08. The van der Waals surface area contributed by atoms with Crippen molar-refractivity contribution in [1.82, 2.24) is 9.97 Å². The number of aromatic nitrogens is 2. The fourth-order valence-electron chi connectivity index (χ4n) is 3.06. The molecule has 2 aromatic rings. The van der Waals surface area contributed by atoms with Gasteiger partial charge in [-0.2, -0.15) is 0 Å². The van der Waals surface area contributed by atoms with Gasteiger partial charge in [-0.3, -0.25) is 0 Å². The molecule has 1 aliphatic rings. The summed E-state index contributed by atoms with van der Waals surface area (Å²) in [6, 6.07) is 7.89. The lowest BCUT2D eigenvalue weighted by atomic mass is 10.1. The molecule has 3 rings (SSSR count). The van der Waals surface area contributed by atoms with Crippen LogP contribution in [0.25, 0.3) is 11.1 Å². The molecule has 0 radical (unpaired) electrons. The number of ether oxygens (including phenoxy) is 1. The van der Waals surface area contributed by atoms with Gasteiger partial charge >= 0.3 is 5.97 Å². The van der Waals surface area contributed by atoms with Gasteiger partial charge in [0.05, 0.1) is 12.2 Å². The highest BCUT2D eigenvalue weighted by Gasteiger charge is 2.18. The molecule has 1 heterocycles. The zero-order chi connectivity index (χ0) is 16.9. The highest BCUT2D eigenvalue weighted by molar-refractivity contribution is 5.90. The van der Waals surface area contributed by atoms with Crippen molar-refractivity contribution in [2.45, 2.75) is 45.6 Å². The molecule has 0 saturated heterocycles. The van der Waals surface area contributed by atoms with Crippen LogP contribution in [-0.4, -0.2) is 28.6 Å². The summed E-state index contributed by atoms with van der Waals surface area (Å²) in [6.45, 7) is 4.08. The summed E-state index contributed by atoms with van der Waals surface area (Å²) >= 11 is 0. The molecule has 5 nitrogen and oxygen atoms in total. The van der Waals surface area contributed by atoms with Crippen LogP contribution in [0.5, 0.6) is 0 Å². The summed E-state index contributed by atoms with van der Waals surface area (Å²) in [5, 5.41) is 3.56. The van der Waals surface area contributed by atoms with Gasteiger partial charge in [0.2, 0.25) is 0 Å². The lowest BCUT2D eigenvalue weighted by Crippen LogP contribution is -2.16. The van der Waals surface area contributed by atoms with Crippen LogP contribution in [0, 0.1) is 6.92 Å². The number of rotatable bonds is 5. The topological polar surface area (TPSA) is 64.1 Å². The van der Waals surface area contributed by atoms with Gasteiger partial charge in [-0.1, -0.05) is 25.0 Å². The minimum Gasteiger partial charge on any atom is -0.462 e. The smallest absolute Gasteiger partial charge is 0.338 e. The molecule has 0 atom stereocenters. The standard InChI is InChI=1S/C19H23N3O2/c1-3-24-19(23)15-10-8-14(9-11-15)17-12-20-13(2)21-18(17)22-16-6-4-5-7-16/h8-12,16H,3-7H2,1-2H3,(H,20,21,22). The molecule has 1 aliphatic carbocycles. The van der Waals surface area contributed by atoms with Crippen LogP contribution in [-0.2, 0) is 4.74 Å². The van der Waals surface area contributed by atoms with Crippen molar-refractivity contribution in [2.75, 3.05) is 11.9 Å². The molecule has 24 heavy (non-hydrogen) atoms. The van der Waals surface area contributed by atoms with Gasteiger partial charge in [-0.15, -0.1) is 0 Å². The van der Waals surface area contributed by atoms with Gasteiger partial charge in [0.25, 0.3) is 0 Å². The molecule has 1 aromatic heterocycles. The third-order valence-corrected chi connectivity index (χ3v) is 4.31. The fourth-order valence-corrected chi connectivity index (χ4v) is 3.06. The van der Waals surface area contributed by atoms with E-state index in [1.165, 1.54) is 25.7 Å². The molecule has 0 unspecified atom stereocenters. The van der Waals surface area contributed by atoms with Gasteiger partial charge in [0, 0.05) is 17.8 Å². The SMILES string of the molecule is CCOC(=O)c1ccc(-c2cnc(C)nc2NC2CCCC2)cc1. The van der Waals surface area contributed by atoms with Crippen molar-refractivity contribution >= 4 is 11.8 Å². The second-order valence-corrected chi connectivity index (χ2v) is 6.10. The number of anilines is 1. The monoisotopic (exact) mass is 325 g/mol. The van der Waals surface area contributed by atoms with E-state index in [-0.39, 0.29) is 5.97 Å². The van der Waals surface area contributed by atoms with Crippen molar-refractivity contribution in [2.24, 2.45) is 0 Å². The summed E-state index contributed by atoms with van der Waals surface area (Å²) in [4.78, 5) is 20.7. The quantitative estimate of drug-likeness (QED) is 0.842. The van der Waals surface area contributed by atoms with Gasteiger partial charge in [-0.25, -0.2) is 14.8 Å². The van der Waals surface area contributed by atoms with Gasteiger partial charge in [0.15, 0.2) is 0 Å². The van der Waals surface area contributed by atoms with Crippen LogP contribution in [0.1, 0.15) is 48.8 Å². The maximum absolute atomic E-state index is 11.8. The number of hydrogen-bond donors (Lipinski definition) is 1. The number of carbonyl (C=O) groups excluding carboxylic acids is 1. The summed E-state index contributed by atoms with van der Waals surface area (Å²) < 4.78 is 5.03.